The molecule has 2 rings (SSSR count). The van der Waals surface area contributed by atoms with Gasteiger partial charge in [0.05, 0.1) is 6.07 Å². The fourth-order valence-corrected chi connectivity index (χ4v) is 1.90. The van der Waals surface area contributed by atoms with E-state index < -0.39 is 5.54 Å². The summed E-state index contributed by atoms with van der Waals surface area (Å²) in [5.41, 5.74) is 5.87. The van der Waals surface area contributed by atoms with Gasteiger partial charge in [-0.3, -0.25) is 0 Å². The van der Waals surface area contributed by atoms with Crippen LogP contribution in [0.5, 0.6) is 0 Å². The van der Waals surface area contributed by atoms with Crippen LogP contribution in [0.15, 0.2) is 42.7 Å². The summed E-state index contributed by atoms with van der Waals surface area (Å²) >= 11 is 0. The minimum Gasteiger partial charge on any atom is -0.323 e. The maximum Gasteiger partial charge on any atom is 0.212 e. The minimum atomic E-state index is -1.06. The molecule has 1 unspecified atom stereocenters. The summed E-state index contributed by atoms with van der Waals surface area (Å²) in [6.45, 7) is 0.474. The molecule has 1 heterocycles. The van der Waals surface area contributed by atoms with Crippen molar-refractivity contribution >= 4 is 0 Å². The van der Waals surface area contributed by atoms with Crippen molar-refractivity contribution in [1.29, 1.82) is 10.5 Å². The van der Waals surface area contributed by atoms with Gasteiger partial charge in [0, 0.05) is 25.4 Å². The SMILES string of the molecule is N#Cc1nccn1CCC(N)(C#N)c1ccccc1. The molecule has 0 aliphatic heterocycles. The van der Waals surface area contributed by atoms with Gasteiger partial charge in [0.2, 0.25) is 5.82 Å². The number of nitriles is 2. The topological polar surface area (TPSA) is 91.4 Å². The van der Waals surface area contributed by atoms with Gasteiger partial charge in [-0.2, -0.15) is 10.5 Å². The molecule has 0 fully saturated rings. The maximum absolute atomic E-state index is 9.33. The zero-order valence-corrected chi connectivity index (χ0v) is 10.3. The Morgan fingerprint density at radius 1 is 1.26 bits per heavy atom. The molecule has 5 nitrogen and oxygen atoms in total. The van der Waals surface area contributed by atoms with Crippen molar-refractivity contribution in [2.45, 2.75) is 18.5 Å². The lowest BCUT2D eigenvalue weighted by Gasteiger charge is -2.22. The maximum atomic E-state index is 9.33. The zero-order valence-electron chi connectivity index (χ0n) is 10.3. The molecule has 0 saturated heterocycles. The first-order valence-electron chi connectivity index (χ1n) is 5.86. The van der Waals surface area contributed by atoms with Crippen molar-refractivity contribution in [3.8, 4) is 12.1 Å². The second-order valence-corrected chi connectivity index (χ2v) is 4.26. The molecule has 0 bridgehead atoms. The smallest absolute Gasteiger partial charge is 0.212 e. The fraction of sp³-hybridized carbons (Fsp3) is 0.214. The molecule has 0 radical (unpaired) electrons. The lowest BCUT2D eigenvalue weighted by atomic mass is 9.89. The van der Waals surface area contributed by atoms with Gasteiger partial charge in [-0.1, -0.05) is 30.3 Å². The molecule has 0 aliphatic rings. The predicted octanol–water partition coefficient (Wildman–Crippen LogP) is 1.52. The molecule has 5 heteroatoms. The van der Waals surface area contributed by atoms with E-state index in [2.05, 4.69) is 11.1 Å². The number of rotatable bonds is 4. The molecule has 19 heavy (non-hydrogen) atoms. The van der Waals surface area contributed by atoms with Gasteiger partial charge in [-0.05, 0) is 5.56 Å². The number of nitrogens with two attached hydrogens (primary N) is 1. The van der Waals surface area contributed by atoms with E-state index in [0.717, 1.165) is 5.56 Å². The number of benzene rings is 1. The van der Waals surface area contributed by atoms with E-state index in [1.807, 2.05) is 36.4 Å². The number of aromatic nitrogens is 2. The summed E-state index contributed by atoms with van der Waals surface area (Å²) < 4.78 is 1.70. The molecule has 0 spiro atoms. The highest BCUT2D eigenvalue weighted by Crippen LogP contribution is 2.22. The molecule has 1 aromatic carbocycles. The number of aryl methyl sites for hydroxylation is 1. The zero-order chi connectivity index (χ0) is 13.7. The summed E-state index contributed by atoms with van der Waals surface area (Å²) in [6.07, 6.45) is 3.69. The van der Waals surface area contributed by atoms with Gasteiger partial charge in [-0.15, -0.1) is 0 Å². The average molecular weight is 251 g/mol. The Balaban J connectivity index is 2.17. The summed E-state index contributed by atoms with van der Waals surface area (Å²) in [7, 11) is 0. The first-order valence-corrected chi connectivity index (χ1v) is 5.86. The van der Waals surface area contributed by atoms with E-state index in [1.54, 1.807) is 17.0 Å². The first kappa shape index (κ1) is 12.8. The van der Waals surface area contributed by atoms with E-state index in [1.165, 1.54) is 0 Å². The monoisotopic (exact) mass is 251 g/mol. The Hall–Kier alpha value is -2.63. The lowest BCUT2D eigenvalue weighted by Crippen LogP contribution is -2.36. The second kappa shape index (κ2) is 5.34. The van der Waals surface area contributed by atoms with E-state index >= 15 is 0 Å². The second-order valence-electron chi connectivity index (χ2n) is 4.26. The summed E-state index contributed by atoms with van der Waals surface area (Å²) in [6, 6.07) is 13.4. The van der Waals surface area contributed by atoms with Crippen LogP contribution < -0.4 is 5.73 Å². The van der Waals surface area contributed by atoms with Crippen LogP contribution in [0, 0.1) is 22.7 Å². The van der Waals surface area contributed by atoms with Gasteiger partial charge >= 0.3 is 0 Å². The Morgan fingerprint density at radius 3 is 2.63 bits per heavy atom. The number of hydrogen-bond acceptors (Lipinski definition) is 4. The van der Waals surface area contributed by atoms with Gasteiger partial charge in [0.1, 0.15) is 11.6 Å². The van der Waals surface area contributed by atoms with Crippen LogP contribution in [0.25, 0.3) is 0 Å². The number of hydrogen-bond donors (Lipinski definition) is 1. The predicted molar refractivity (Wildman–Crippen MR) is 69.5 cm³/mol. The third-order valence-electron chi connectivity index (χ3n) is 3.05. The Morgan fingerprint density at radius 2 is 2.00 bits per heavy atom. The van der Waals surface area contributed by atoms with Crippen LogP contribution in [-0.4, -0.2) is 9.55 Å². The van der Waals surface area contributed by atoms with Crippen molar-refractivity contribution in [2.75, 3.05) is 0 Å². The first-order chi connectivity index (χ1) is 9.19. The lowest BCUT2D eigenvalue weighted by molar-refractivity contribution is 0.470. The highest BCUT2D eigenvalue weighted by molar-refractivity contribution is 5.30. The molecule has 1 atom stereocenters. The summed E-state index contributed by atoms with van der Waals surface area (Å²) in [5.74, 6) is 0.327. The standard InChI is InChI=1S/C14H13N5/c15-10-13-18-7-9-19(13)8-6-14(17,11-16)12-4-2-1-3-5-12/h1-5,7,9H,6,8,17H2. The van der Waals surface area contributed by atoms with E-state index in [4.69, 9.17) is 11.0 Å². The quantitative estimate of drug-likeness (QED) is 0.891. The highest BCUT2D eigenvalue weighted by atomic mass is 15.1. The van der Waals surface area contributed by atoms with Gasteiger partial charge in [0.15, 0.2) is 0 Å². The molecule has 0 amide bonds. The van der Waals surface area contributed by atoms with Crippen LogP contribution in [-0.2, 0) is 12.1 Å². The fourth-order valence-electron chi connectivity index (χ4n) is 1.90. The van der Waals surface area contributed by atoms with Crippen LogP contribution in [0.4, 0.5) is 0 Å². The molecule has 0 saturated carbocycles. The molecule has 0 aliphatic carbocycles. The molecule has 94 valence electrons. The van der Waals surface area contributed by atoms with Crippen LogP contribution in [0.3, 0.4) is 0 Å². The van der Waals surface area contributed by atoms with Crippen molar-refractivity contribution in [3.05, 3.63) is 54.1 Å². The van der Waals surface area contributed by atoms with Crippen molar-refractivity contribution in [2.24, 2.45) is 5.73 Å². The van der Waals surface area contributed by atoms with Crippen molar-refractivity contribution < 1.29 is 0 Å². The number of nitrogens with zero attached hydrogens (tertiary/aromatic N) is 4. The van der Waals surface area contributed by atoms with Crippen molar-refractivity contribution in [1.82, 2.24) is 9.55 Å². The molecular weight excluding hydrogens is 238 g/mol. The third-order valence-corrected chi connectivity index (χ3v) is 3.05. The Bertz CT molecular complexity index is 632. The van der Waals surface area contributed by atoms with Crippen LogP contribution >= 0.6 is 0 Å². The van der Waals surface area contributed by atoms with E-state index in [0.29, 0.717) is 18.8 Å². The summed E-state index contributed by atoms with van der Waals surface area (Å²) in [4.78, 5) is 3.91. The van der Waals surface area contributed by atoms with Gasteiger partial charge in [-0.25, -0.2) is 4.98 Å². The van der Waals surface area contributed by atoms with Crippen LogP contribution in [0.2, 0.25) is 0 Å². The van der Waals surface area contributed by atoms with Gasteiger partial charge in [0.25, 0.3) is 0 Å². The Kier molecular flexibility index (Phi) is 3.61. The molecular formula is C14H13N5. The van der Waals surface area contributed by atoms with E-state index in [9.17, 15) is 5.26 Å². The largest absolute Gasteiger partial charge is 0.323 e. The molecule has 2 aromatic rings. The molecule has 2 N–H and O–H groups in total. The van der Waals surface area contributed by atoms with Crippen molar-refractivity contribution in [3.63, 3.8) is 0 Å². The average Bonchev–Trinajstić information content (AvgIpc) is 2.93. The third kappa shape index (κ3) is 2.62. The normalized spacial score (nSPS) is 13.2. The van der Waals surface area contributed by atoms with E-state index in [-0.39, 0.29) is 0 Å². The van der Waals surface area contributed by atoms with Crippen LogP contribution in [0.1, 0.15) is 17.8 Å². The Labute approximate surface area is 111 Å². The number of imidazole rings is 1. The highest BCUT2D eigenvalue weighted by Gasteiger charge is 2.26. The summed E-state index contributed by atoms with van der Waals surface area (Å²) in [5, 5.41) is 18.2. The molecule has 1 aromatic heterocycles. The van der Waals surface area contributed by atoms with Gasteiger partial charge < -0.3 is 10.3 Å². The minimum absolute atomic E-state index is 0.327.